The van der Waals surface area contributed by atoms with Gasteiger partial charge in [-0.2, -0.15) is 0 Å². The number of ether oxygens (including phenoxy) is 1. The highest BCUT2D eigenvalue weighted by Gasteiger charge is 2.28. The summed E-state index contributed by atoms with van der Waals surface area (Å²) in [4.78, 5) is 6.91. The number of fused-ring (bicyclic) bond motifs is 1. The number of halogens is 1. The predicted octanol–water partition coefficient (Wildman–Crippen LogP) is 3.41. The van der Waals surface area contributed by atoms with Crippen LogP contribution >= 0.6 is 11.6 Å². The maximum atomic E-state index is 6.28. The van der Waals surface area contributed by atoms with E-state index in [-0.39, 0.29) is 5.54 Å². The molecule has 0 bridgehead atoms. The molecule has 0 spiro atoms. The quantitative estimate of drug-likeness (QED) is 0.876. The van der Waals surface area contributed by atoms with E-state index < -0.39 is 0 Å². The van der Waals surface area contributed by atoms with Gasteiger partial charge in [-0.3, -0.25) is 4.90 Å². The first-order valence-corrected chi connectivity index (χ1v) is 8.06. The molecule has 22 heavy (non-hydrogen) atoms. The Balaban J connectivity index is 1.73. The standard InChI is InChI=1S/C17H22ClN3O/c1-17(2,21-7-9-22-10-8-21)12-19-15-11-13-5-3-4-6-14(13)16(18)20-15/h3-6,11H,7-10,12H2,1-2H3,(H,19,20). The smallest absolute Gasteiger partial charge is 0.139 e. The van der Waals surface area contributed by atoms with Gasteiger partial charge < -0.3 is 10.1 Å². The van der Waals surface area contributed by atoms with Gasteiger partial charge in [-0.05, 0) is 25.3 Å². The number of rotatable bonds is 4. The summed E-state index contributed by atoms with van der Waals surface area (Å²) >= 11 is 6.28. The van der Waals surface area contributed by atoms with E-state index in [9.17, 15) is 0 Å². The highest BCUT2D eigenvalue weighted by atomic mass is 35.5. The minimum atomic E-state index is 0.0452. The van der Waals surface area contributed by atoms with Crippen molar-refractivity contribution in [3.63, 3.8) is 0 Å². The van der Waals surface area contributed by atoms with Crippen molar-refractivity contribution in [2.75, 3.05) is 38.2 Å². The Morgan fingerprint density at radius 2 is 2.00 bits per heavy atom. The lowest BCUT2D eigenvalue weighted by molar-refractivity contribution is -0.00570. The van der Waals surface area contributed by atoms with Gasteiger partial charge in [0.15, 0.2) is 0 Å². The Hall–Kier alpha value is -1.36. The maximum Gasteiger partial charge on any atom is 0.139 e. The zero-order valence-electron chi connectivity index (χ0n) is 13.1. The number of anilines is 1. The van der Waals surface area contributed by atoms with Crippen molar-refractivity contribution in [2.45, 2.75) is 19.4 Å². The van der Waals surface area contributed by atoms with Crippen molar-refractivity contribution < 1.29 is 4.74 Å². The molecule has 1 aliphatic heterocycles. The summed E-state index contributed by atoms with van der Waals surface area (Å²) in [5.74, 6) is 0.824. The topological polar surface area (TPSA) is 37.4 Å². The van der Waals surface area contributed by atoms with Crippen LogP contribution in [0.2, 0.25) is 5.15 Å². The molecule has 3 rings (SSSR count). The Morgan fingerprint density at radius 1 is 1.27 bits per heavy atom. The van der Waals surface area contributed by atoms with Gasteiger partial charge in [0.05, 0.1) is 13.2 Å². The summed E-state index contributed by atoms with van der Waals surface area (Å²) in [7, 11) is 0. The largest absolute Gasteiger partial charge is 0.379 e. The molecule has 2 aromatic rings. The molecule has 1 aliphatic rings. The van der Waals surface area contributed by atoms with Crippen LogP contribution in [0, 0.1) is 0 Å². The van der Waals surface area contributed by atoms with Crippen molar-refractivity contribution in [2.24, 2.45) is 0 Å². The SMILES string of the molecule is CC(C)(CNc1cc2ccccc2c(Cl)n1)N1CCOCC1. The van der Waals surface area contributed by atoms with E-state index in [2.05, 4.69) is 41.2 Å². The second-order valence-electron chi connectivity index (χ2n) is 6.28. The van der Waals surface area contributed by atoms with E-state index in [1.54, 1.807) is 0 Å². The zero-order chi connectivity index (χ0) is 15.6. The fourth-order valence-corrected chi connectivity index (χ4v) is 3.10. The zero-order valence-corrected chi connectivity index (χ0v) is 13.9. The number of nitrogens with one attached hydrogen (secondary N) is 1. The summed E-state index contributed by atoms with van der Waals surface area (Å²) in [5.41, 5.74) is 0.0452. The summed E-state index contributed by atoms with van der Waals surface area (Å²) < 4.78 is 5.43. The molecule has 0 atom stereocenters. The number of hydrogen-bond acceptors (Lipinski definition) is 4. The Labute approximate surface area is 136 Å². The van der Waals surface area contributed by atoms with Crippen LogP contribution in [0.15, 0.2) is 30.3 Å². The third kappa shape index (κ3) is 3.35. The number of hydrogen-bond donors (Lipinski definition) is 1. The molecule has 1 fully saturated rings. The van der Waals surface area contributed by atoms with Crippen molar-refractivity contribution in [3.05, 3.63) is 35.5 Å². The van der Waals surface area contributed by atoms with E-state index in [0.717, 1.165) is 49.4 Å². The van der Waals surface area contributed by atoms with Crippen LogP contribution in [0.4, 0.5) is 5.82 Å². The molecule has 0 radical (unpaired) electrons. The van der Waals surface area contributed by atoms with Gasteiger partial charge in [-0.15, -0.1) is 0 Å². The van der Waals surface area contributed by atoms with Crippen LogP contribution in [0.5, 0.6) is 0 Å². The lowest BCUT2D eigenvalue weighted by atomic mass is 10.0. The minimum absolute atomic E-state index is 0.0452. The molecule has 0 saturated carbocycles. The molecule has 4 nitrogen and oxygen atoms in total. The van der Waals surface area contributed by atoms with Gasteiger partial charge in [0, 0.05) is 30.6 Å². The van der Waals surface area contributed by atoms with E-state index in [4.69, 9.17) is 16.3 Å². The highest BCUT2D eigenvalue weighted by Crippen LogP contribution is 2.25. The fourth-order valence-electron chi connectivity index (χ4n) is 2.83. The van der Waals surface area contributed by atoms with Crippen LogP contribution in [0.25, 0.3) is 10.8 Å². The van der Waals surface area contributed by atoms with Gasteiger partial charge in [0.25, 0.3) is 0 Å². The molecular weight excluding hydrogens is 298 g/mol. The third-order valence-corrected chi connectivity index (χ3v) is 4.55. The monoisotopic (exact) mass is 319 g/mol. The molecule has 0 aliphatic carbocycles. The number of morpholine rings is 1. The summed E-state index contributed by atoms with van der Waals surface area (Å²) in [6.45, 7) is 8.87. The van der Waals surface area contributed by atoms with Crippen LogP contribution in [0.3, 0.4) is 0 Å². The first-order chi connectivity index (χ1) is 10.6. The molecule has 118 valence electrons. The Morgan fingerprint density at radius 3 is 2.77 bits per heavy atom. The lowest BCUT2D eigenvalue weighted by Crippen LogP contribution is -2.53. The second-order valence-corrected chi connectivity index (χ2v) is 6.64. The van der Waals surface area contributed by atoms with Crippen LogP contribution in [-0.4, -0.2) is 48.3 Å². The van der Waals surface area contributed by atoms with Crippen LogP contribution in [0.1, 0.15) is 13.8 Å². The number of pyridine rings is 1. The predicted molar refractivity (Wildman–Crippen MR) is 91.7 cm³/mol. The number of benzene rings is 1. The first kappa shape index (κ1) is 15.5. The van der Waals surface area contributed by atoms with Gasteiger partial charge in [0.1, 0.15) is 11.0 Å². The number of aromatic nitrogens is 1. The molecule has 1 aromatic carbocycles. The third-order valence-electron chi connectivity index (χ3n) is 4.26. The van der Waals surface area contributed by atoms with Crippen molar-refractivity contribution >= 4 is 28.2 Å². The van der Waals surface area contributed by atoms with Crippen molar-refractivity contribution in [3.8, 4) is 0 Å². The van der Waals surface area contributed by atoms with E-state index in [1.165, 1.54) is 0 Å². The van der Waals surface area contributed by atoms with E-state index >= 15 is 0 Å². The molecule has 2 heterocycles. The van der Waals surface area contributed by atoms with E-state index in [0.29, 0.717) is 5.15 Å². The number of nitrogens with zero attached hydrogens (tertiary/aromatic N) is 2. The van der Waals surface area contributed by atoms with Gasteiger partial charge in [0.2, 0.25) is 0 Å². The van der Waals surface area contributed by atoms with Gasteiger partial charge in [-0.25, -0.2) is 4.98 Å². The average Bonchev–Trinajstić information content (AvgIpc) is 2.54. The molecule has 0 amide bonds. The molecule has 0 unspecified atom stereocenters. The Kier molecular flexibility index (Phi) is 4.52. The average molecular weight is 320 g/mol. The highest BCUT2D eigenvalue weighted by molar-refractivity contribution is 6.34. The summed E-state index contributed by atoms with van der Waals surface area (Å²) in [6, 6.07) is 10.1. The summed E-state index contributed by atoms with van der Waals surface area (Å²) in [5, 5.41) is 6.08. The normalized spacial score (nSPS) is 16.9. The first-order valence-electron chi connectivity index (χ1n) is 7.68. The molecule has 1 N–H and O–H groups in total. The second kappa shape index (κ2) is 6.41. The molecule has 5 heteroatoms. The Bertz CT molecular complexity index is 653. The van der Waals surface area contributed by atoms with E-state index in [1.807, 2.05) is 18.2 Å². The lowest BCUT2D eigenvalue weighted by Gasteiger charge is -2.41. The molecular formula is C17H22ClN3O. The summed E-state index contributed by atoms with van der Waals surface area (Å²) in [6.07, 6.45) is 0. The molecule has 1 aromatic heterocycles. The van der Waals surface area contributed by atoms with Crippen molar-refractivity contribution in [1.29, 1.82) is 0 Å². The fraction of sp³-hybridized carbons (Fsp3) is 0.471. The minimum Gasteiger partial charge on any atom is -0.379 e. The molecule has 1 saturated heterocycles. The maximum absolute atomic E-state index is 6.28. The van der Waals surface area contributed by atoms with Crippen molar-refractivity contribution in [1.82, 2.24) is 9.88 Å². The van der Waals surface area contributed by atoms with Gasteiger partial charge >= 0.3 is 0 Å². The van der Waals surface area contributed by atoms with Gasteiger partial charge in [-0.1, -0.05) is 35.9 Å². The van der Waals surface area contributed by atoms with Crippen LogP contribution in [-0.2, 0) is 4.74 Å². The van der Waals surface area contributed by atoms with Crippen LogP contribution < -0.4 is 5.32 Å².